The number of aryl methyl sites for hydroxylation is 1. The van der Waals surface area contributed by atoms with Crippen LogP contribution in [0.25, 0.3) is 0 Å². The van der Waals surface area contributed by atoms with Crippen LogP contribution in [0.2, 0.25) is 0 Å². The van der Waals surface area contributed by atoms with Crippen molar-refractivity contribution in [2.75, 3.05) is 41.0 Å². The van der Waals surface area contributed by atoms with Gasteiger partial charge in [0.1, 0.15) is 18.0 Å². The van der Waals surface area contributed by atoms with Gasteiger partial charge in [-0.25, -0.2) is 5.01 Å². The summed E-state index contributed by atoms with van der Waals surface area (Å²) < 4.78 is 18.2. The summed E-state index contributed by atoms with van der Waals surface area (Å²) in [6.07, 6.45) is 2.45. The smallest absolute Gasteiger partial charge is 0.262 e. The molecule has 0 saturated carbocycles. The molecule has 0 unspecified atom stereocenters. The second kappa shape index (κ2) is 11.2. The Kier molecular flexibility index (Phi) is 8.33. The van der Waals surface area contributed by atoms with E-state index in [1.54, 1.807) is 21.3 Å². The first-order valence-electron chi connectivity index (χ1n) is 11.3. The van der Waals surface area contributed by atoms with Crippen LogP contribution < -0.4 is 9.47 Å². The highest BCUT2D eigenvalue weighted by molar-refractivity contribution is 6.02. The quantitative estimate of drug-likeness (QED) is 0.533. The molecule has 0 fully saturated rings. The summed E-state index contributed by atoms with van der Waals surface area (Å²) in [6.45, 7) is 4.22. The molecule has 2 heterocycles. The number of hydrogen-bond acceptors (Lipinski definition) is 6. The Hall–Kier alpha value is -3.33. The number of carbonyl (C=O) groups is 2. The van der Waals surface area contributed by atoms with Crippen LogP contribution >= 0.6 is 0 Å². The summed E-state index contributed by atoms with van der Waals surface area (Å²) in [5.74, 6) is 0.685. The minimum atomic E-state index is -0.402. The van der Waals surface area contributed by atoms with Gasteiger partial charge in [0.25, 0.3) is 5.91 Å². The monoisotopic (exact) mass is 470 g/mol. The zero-order chi connectivity index (χ0) is 24.8. The van der Waals surface area contributed by atoms with Gasteiger partial charge < -0.3 is 23.7 Å². The van der Waals surface area contributed by atoms with Crippen molar-refractivity contribution in [3.63, 3.8) is 0 Å². The molecule has 0 N–H and O–H groups in total. The van der Waals surface area contributed by atoms with Crippen LogP contribution in [0.1, 0.15) is 37.6 Å². The van der Waals surface area contributed by atoms with Crippen molar-refractivity contribution < 1.29 is 23.8 Å². The third-order valence-electron chi connectivity index (χ3n) is 5.90. The van der Waals surface area contributed by atoms with Crippen LogP contribution in [0.15, 0.2) is 41.6 Å². The van der Waals surface area contributed by atoms with Gasteiger partial charge in [-0.3, -0.25) is 9.59 Å². The molecule has 34 heavy (non-hydrogen) atoms. The first-order chi connectivity index (χ1) is 16.3. The van der Waals surface area contributed by atoms with Crippen LogP contribution in [0.5, 0.6) is 11.5 Å². The Bertz CT molecular complexity index is 1050. The van der Waals surface area contributed by atoms with E-state index >= 15 is 0 Å². The van der Waals surface area contributed by atoms with Gasteiger partial charge in [-0.05, 0) is 30.3 Å². The predicted molar refractivity (Wildman–Crippen MR) is 129 cm³/mol. The average molecular weight is 471 g/mol. The van der Waals surface area contributed by atoms with Crippen LogP contribution in [0.4, 0.5) is 0 Å². The molecular formula is C25H34N4O5. The largest absolute Gasteiger partial charge is 0.497 e. The maximum Gasteiger partial charge on any atom is 0.262 e. The van der Waals surface area contributed by atoms with Crippen LogP contribution in [-0.2, 0) is 21.4 Å². The highest BCUT2D eigenvalue weighted by atomic mass is 16.5. The molecule has 3 rings (SSSR count). The summed E-state index contributed by atoms with van der Waals surface area (Å²) in [4.78, 5) is 27.9. The molecule has 1 atom stereocenters. The Morgan fingerprint density at radius 2 is 1.94 bits per heavy atom. The third-order valence-corrected chi connectivity index (χ3v) is 5.90. The van der Waals surface area contributed by atoms with E-state index < -0.39 is 6.04 Å². The van der Waals surface area contributed by atoms with Gasteiger partial charge in [-0.2, -0.15) is 5.10 Å². The lowest BCUT2D eigenvalue weighted by atomic mass is 9.99. The van der Waals surface area contributed by atoms with Crippen molar-refractivity contribution in [1.29, 1.82) is 0 Å². The molecule has 184 valence electrons. The Morgan fingerprint density at radius 3 is 2.53 bits per heavy atom. The first kappa shape index (κ1) is 25.3. The maximum atomic E-state index is 13.6. The van der Waals surface area contributed by atoms with Gasteiger partial charge in [0.05, 0.1) is 38.3 Å². The van der Waals surface area contributed by atoms with E-state index in [1.807, 2.05) is 62.0 Å². The summed E-state index contributed by atoms with van der Waals surface area (Å²) in [5, 5.41) is 6.21. The molecule has 1 aromatic heterocycles. The molecule has 1 aliphatic heterocycles. The SMILES string of the molecule is COCCN(CC(=O)N1N=C(c2cccn2C)C[C@@H]1c1cc(OC)ccc1OC)C(=O)C(C)C. The summed E-state index contributed by atoms with van der Waals surface area (Å²) >= 11 is 0. The molecule has 1 aromatic carbocycles. The van der Waals surface area contributed by atoms with Crippen LogP contribution in [0, 0.1) is 5.92 Å². The van der Waals surface area contributed by atoms with Gasteiger partial charge in [-0.15, -0.1) is 0 Å². The zero-order valence-corrected chi connectivity index (χ0v) is 20.8. The second-order valence-electron chi connectivity index (χ2n) is 8.52. The number of hydrazone groups is 1. The minimum Gasteiger partial charge on any atom is -0.497 e. The Morgan fingerprint density at radius 1 is 1.18 bits per heavy atom. The molecule has 2 aromatic rings. The van der Waals surface area contributed by atoms with Crippen molar-refractivity contribution >= 4 is 17.5 Å². The van der Waals surface area contributed by atoms with Crippen LogP contribution in [0.3, 0.4) is 0 Å². The first-order valence-corrected chi connectivity index (χ1v) is 11.3. The third kappa shape index (κ3) is 5.41. The molecule has 0 radical (unpaired) electrons. The maximum absolute atomic E-state index is 13.6. The average Bonchev–Trinajstić information content (AvgIpc) is 3.46. The lowest BCUT2D eigenvalue weighted by molar-refractivity contribution is -0.143. The zero-order valence-electron chi connectivity index (χ0n) is 20.8. The van der Waals surface area contributed by atoms with Gasteiger partial charge in [0.15, 0.2) is 0 Å². The molecule has 0 spiro atoms. The van der Waals surface area contributed by atoms with E-state index in [0.717, 1.165) is 17.0 Å². The molecular weight excluding hydrogens is 436 g/mol. The molecule has 0 aliphatic carbocycles. The summed E-state index contributed by atoms with van der Waals surface area (Å²) in [6, 6.07) is 9.02. The number of ether oxygens (including phenoxy) is 3. The molecule has 2 amide bonds. The van der Waals surface area contributed by atoms with Gasteiger partial charge in [0, 0.05) is 44.8 Å². The highest BCUT2D eigenvalue weighted by Gasteiger charge is 2.37. The van der Waals surface area contributed by atoms with E-state index in [4.69, 9.17) is 19.3 Å². The van der Waals surface area contributed by atoms with E-state index in [0.29, 0.717) is 31.1 Å². The lowest BCUT2D eigenvalue weighted by Crippen LogP contribution is -2.44. The normalized spacial score (nSPS) is 15.4. The molecule has 0 bridgehead atoms. The van der Waals surface area contributed by atoms with Gasteiger partial charge in [0.2, 0.25) is 5.91 Å². The number of rotatable bonds is 10. The number of hydrogen-bond donors (Lipinski definition) is 0. The fourth-order valence-corrected chi connectivity index (χ4v) is 4.07. The van der Waals surface area contributed by atoms with E-state index in [9.17, 15) is 9.59 Å². The predicted octanol–water partition coefficient (Wildman–Crippen LogP) is 2.85. The van der Waals surface area contributed by atoms with E-state index in [-0.39, 0.29) is 24.3 Å². The topological polar surface area (TPSA) is 85.6 Å². The fourth-order valence-electron chi connectivity index (χ4n) is 4.07. The standard InChI is InChI=1S/C25H34N4O5/c1-17(2)25(31)28(12-13-32-4)16-24(30)29-22(15-20(26-29)21-8-7-11-27(21)3)19-14-18(33-5)9-10-23(19)34-6/h7-11,14,17,22H,12-13,15-16H2,1-6H3/t22-/m1/s1. The number of methoxy groups -OCH3 is 3. The van der Waals surface area contributed by atoms with Crippen LogP contribution in [-0.4, -0.2) is 73.0 Å². The summed E-state index contributed by atoms with van der Waals surface area (Å²) in [5.41, 5.74) is 2.51. The molecule has 9 nitrogen and oxygen atoms in total. The lowest BCUT2D eigenvalue weighted by Gasteiger charge is -2.28. The number of carbonyl (C=O) groups excluding carboxylic acids is 2. The Balaban J connectivity index is 1.99. The van der Waals surface area contributed by atoms with Crippen molar-refractivity contribution in [3.05, 3.63) is 47.8 Å². The minimum absolute atomic E-state index is 0.0902. The van der Waals surface area contributed by atoms with Crippen molar-refractivity contribution in [3.8, 4) is 11.5 Å². The number of nitrogens with zero attached hydrogens (tertiary/aromatic N) is 4. The highest BCUT2D eigenvalue weighted by Crippen LogP contribution is 2.39. The van der Waals surface area contributed by atoms with Crippen molar-refractivity contribution in [1.82, 2.24) is 14.5 Å². The number of aromatic nitrogens is 1. The molecule has 0 saturated heterocycles. The Labute approximate surface area is 200 Å². The summed E-state index contributed by atoms with van der Waals surface area (Å²) in [7, 11) is 6.71. The fraction of sp³-hybridized carbons (Fsp3) is 0.480. The van der Waals surface area contributed by atoms with Crippen molar-refractivity contribution in [2.24, 2.45) is 18.1 Å². The van der Waals surface area contributed by atoms with E-state index in [2.05, 4.69) is 0 Å². The van der Waals surface area contributed by atoms with E-state index in [1.165, 1.54) is 9.91 Å². The number of amides is 2. The number of benzene rings is 1. The van der Waals surface area contributed by atoms with Gasteiger partial charge in [-0.1, -0.05) is 13.8 Å². The molecule has 9 heteroatoms. The van der Waals surface area contributed by atoms with Crippen molar-refractivity contribution in [2.45, 2.75) is 26.3 Å². The van der Waals surface area contributed by atoms with Gasteiger partial charge >= 0.3 is 0 Å². The second-order valence-corrected chi connectivity index (χ2v) is 8.52. The molecule has 1 aliphatic rings.